The number of nitrogens with zero attached hydrogens (tertiary/aromatic N) is 1. The standard InChI is InChI=1S/C16H16N2O6S/c1-21-10-5-4-6-11-13(10)14(18-24-11)9-7-8-12(22-2)16(15(9)23-3)25(17,19)20/h4-8H,1-3H3,(H2,17,19,20). The minimum Gasteiger partial charge on any atom is -0.496 e. The van der Waals surface area contributed by atoms with Crippen LogP contribution in [0.3, 0.4) is 0 Å². The number of ether oxygens (including phenoxy) is 3. The first-order chi connectivity index (χ1) is 11.9. The summed E-state index contributed by atoms with van der Waals surface area (Å²) < 4.78 is 45.2. The lowest BCUT2D eigenvalue weighted by atomic mass is 10.1. The van der Waals surface area contributed by atoms with Gasteiger partial charge in [-0.25, -0.2) is 13.6 Å². The van der Waals surface area contributed by atoms with Crippen molar-refractivity contribution in [2.24, 2.45) is 5.14 Å². The van der Waals surface area contributed by atoms with Crippen LogP contribution < -0.4 is 19.3 Å². The summed E-state index contributed by atoms with van der Waals surface area (Å²) in [5.74, 6) is 0.620. The molecule has 0 spiro atoms. The third-order valence-corrected chi connectivity index (χ3v) is 4.68. The van der Waals surface area contributed by atoms with Crippen molar-refractivity contribution in [2.45, 2.75) is 4.90 Å². The van der Waals surface area contributed by atoms with Gasteiger partial charge >= 0.3 is 0 Å². The molecule has 0 aliphatic rings. The lowest BCUT2D eigenvalue weighted by Crippen LogP contribution is -2.15. The molecule has 25 heavy (non-hydrogen) atoms. The van der Waals surface area contributed by atoms with Crippen molar-refractivity contribution in [1.29, 1.82) is 0 Å². The zero-order valence-corrected chi connectivity index (χ0v) is 14.6. The van der Waals surface area contributed by atoms with Gasteiger partial charge in [-0.2, -0.15) is 0 Å². The van der Waals surface area contributed by atoms with Gasteiger partial charge in [0.25, 0.3) is 0 Å². The van der Waals surface area contributed by atoms with E-state index in [1.807, 2.05) is 0 Å². The Morgan fingerprint density at radius 1 is 1.00 bits per heavy atom. The number of sulfonamides is 1. The van der Waals surface area contributed by atoms with Crippen molar-refractivity contribution in [1.82, 2.24) is 5.16 Å². The highest BCUT2D eigenvalue weighted by molar-refractivity contribution is 7.89. The molecular formula is C16H16N2O6S. The van der Waals surface area contributed by atoms with Crippen LogP contribution in [0.5, 0.6) is 17.2 Å². The average molecular weight is 364 g/mol. The molecule has 9 heteroatoms. The van der Waals surface area contributed by atoms with Crippen LogP contribution in [0.1, 0.15) is 0 Å². The molecule has 8 nitrogen and oxygen atoms in total. The van der Waals surface area contributed by atoms with Gasteiger partial charge in [-0.15, -0.1) is 0 Å². The van der Waals surface area contributed by atoms with E-state index in [4.69, 9.17) is 23.9 Å². The smallest absolute Gasteiger partial charge is 0.245 e. The van der Waals surface area contributed by atoms with E-state index in [1.165, 1.54) is 27.4 Å². The molecule has 3 aromatic rings. The summed E-state index contributed by atoms with van der Waals surface area (Å²) >= 11 is 0. The molecule has 0 saturated heterocycles. The molecule has 132 valence electrons. The molecule has 0 saturated carbocycles. The predicted octanol–water partition coefficient (Wildman–Crippen LogP) is 2.17. The van der Waals surface area contributed by atoms with Crippen molar-refractivity contribution in [3.05, 3.63) is 30.3 Å². The zero-order chi connectivity index (χ0) is 18.2. The van der Waals surface area contributed by atoms with Crippen molar-refractivity contribution < 1.29 is 27.2 Å². The fraction of sp³-hybridized carbons (Fsp3) is 0.188. The van der Waals surface area contributed by atoms with Crippen LogP contribution in [0.25, 0.3) is 22.2 Å². The summed E-state index contributed by atoms with van der Waals surface area (Å²) in [4.78, 5) is -0.263. The Morgan fingerprint density at radius 3 is 2.32 bits per heavy atom. The highest BCUT2D eigenvalue weighted by atomic mass is 32.2. The van der Waals surface area contributed by atoms with E-state index in [0.717, 1.165) is 0 Å². The van der Waals surface area contributed by atoms with E-state index in [2.05, 4.69) is 5.16 Å². The number of fused-ring (bicyclic) bond motifs is 1. The number of hydrogen-bond acceptors (Lipinski definition) is 7. The summed E-state index contributed by atoms with van der Waals surface area (Å²) in [5, 5.41) is 9.99. The second-order valence-electron chi connectivity index (χ2n) is 5.09. The Balaban J connectivity index is 2.40. The molecule has 0 aliphatic carbocycles. The van der Waals surface area contributed by atoms with Crippen LogP contribution in [-0.4, -0.2) is 34.9 Å². The van der Waals surface area contributed by atoms with E-state index in [9.17, 15) is 8.42 Å². The lowest BCUT2D eigenvalue weighted by Gasteiger charge is -2.14. The Labute approximate surface area is 144 Å². The third kappa shape index (κ3) is 2.77. The van der Waals surface area contributed by atoms with E-state index in [1.54, 1.807) is 24.3 Å². The largest absolute Gasteiger partial charge is 0.496 e. The van der Waals surface area contributed by atoms with Gasteiger partial charge in [-0.05, 0) is 24.3 Å². The van der Waals surface area contributed by atoms with Crippen LogP contribution >= 0.6 is 0 Å². The molecule has 0 amide bonds. The summed E-state index contributed by atoms with van der Waals surface area (Å²) in [7, 11) is 0.0945. The number of primary sulfonamides is 1. The van der Waals surface area contributed by atoms with Crippen LogP contribution in [0, 0.1) is 0 Å². The monoisotopic (exact) mass is 364 g/mol. The molecular weight excluding hydrogens is 348 g/mol. The number of rotatable bonds is 5. The van der Waals surface area contributed by atoms with E-state index in [-0.39, 0.29) is 16.4 Å². The molecule has 0 atom stereocenters. The molecule has 0 fully saturated rings. The maximum atomic E-state index is 12.1. The number of benzene rings is 2. The summed E-state index contributed by atoms with van der Waals surface area (Å²) in [6.45, 7) is 0. The summed E-state index contributed by atoms with van der Waals surface area (Å²) in [6.07, 6.45) is 0. The first-order valence-electron chi connectivity index (χ1n) is 7.13. The third-order valence-electron chi connectivity index (χ3n) is 3.72. The number of methoxy groups -OCH3 is 3. The van der Waals surface area contributed by atoms with E-state index >= 15 is 0 Å². The summed E-state index contributed by atoms with van der Waals surface area (Å²) in [6, 6.07) is 8.34. The first kappa shape index (κ1) is 17.1. The van der Waals surface area contributed by atoms with Crippen LogP contribution in [0.2, 0.25) is 0 Å². The molecule has 0 aliphatic heterocycles. The van der Waals surface area contributed by atoms with Crippen LogP contribution in [-0.2, 0) is 10.0 Å². The lowest BCUT2D eigenvalue weighted by molar-refractivity contribution is 0.374. The van der Waals surface area contributed by atoms with Crippen LogP contribution in [0.15, 0.2) is 39.8 Å². The predicted molar refractivity (Wildman–Crippen MR) is 90.5 cm³/mol. The highest BCUT2D eigenvalue weighted by Crippen LogP contribution is 2.44. The van der Waals surface area contributed by atoms with Crippen molar-refractivity contribution in [3.8, 4) is 28.5 Å². The topological polar surface area (TPSA) is 114 Å². The van der Waals surface area contributed by atoms with Crippen molar-refractivity contribution in [3.63, 3.8) is 0 Å². The fourth-order valence-electron chi connectivity index (χ4n) is 2.68. The molecule has 2 N–H and O–H groups in total. The Kier molecular flexibility index (Phi) is 4.27. The second kappa shape index (κ2) is 6.26. The van der Waals surface area contributed by atoms with Gasteiger partial charge in [-0.3, -0.25) is 0 Å². The summed E-state index contributed by atoms with van der Waals surface area (Å²) in [5.41, 5.74) is 1.25. The van der Waals surface area contributed by atoms with Gasteiger partial charge in [0.2, 0.25) is 10.0 Å². The van der Waals surface area contributed by atoms with Gasteiger partial charge in [0, 0.05) is 5.56 Å². The molecule has 1 heterocycles. The molecule has 0 unspecified atom stereocenters. The molecule has 1 aromatic heterocycles. The number of aromatic nitrogens is 1. The minimum absolute atomic E-state index is 0.0166. The normalized spacial score (nSPS) is 11.5. The molecule has 0 radical (unpaired) electrons. The Morgan fingerprint density at radius 2 is 1.72 bits per heavy atom. The SMILES string of the molecule is COc1ccc(-c2noc3cccc(OC)c23)c(OC)c1S(N)(=O)=O. The maximum Gasteiger partial charge on any atom is 0.245 e. The molecule has 2 aromatic carbocycles. The first-order valence-corrected chi connectivity index (χ1v) is 8.67. The van der Waals surface area contributed by atoms with Gasteiger partial charge in [0.1, 0.15) is 17.2 Å². The van der Waals surface area contributed by atoms with Gasteiger partial charge in [-0.1, -0.05) is 11.2 Å². The quantitative estimate of drug-likeness (QED) is 0.738. The van der Waals surface area contributed by atoms with Gasteiger partial charge in [0.05, 0.1) is 26.7 Å². The van der Waals surface area contributed by atoms with Crippen molar-refractivity contribution >= 4 is 21.0 Å². The van der Waals surface area contributed by atoms with Gasteiger partial charge in [0.15, 0.2) is 16.2 Å². The van der Waals surface area contributed by atoms with Gasteiger partial charge < -0.3 is 18.7 Å². The Hall–Kier alpha value is -2.78. The van der Waals surface area contributed by atoms with E-state index in [0.29, 0.717) is 28.0 Å². The molecule has 3 rings (SSSR count). The van der Waals surface area contributed by atoms with E-state index < -0.39 is 10.0 Å². The van der Waals surface area contributed by atoms with Crippen molar-refractivity contribution in [2.75, 3.05) is 21.3 Å². The fourth-order valence-corrected chi connectivity index (χ4v) is 3.56. The molecule has 0 bridgehead atoms. The zero-order valence-electron chi connectivity index (χ0n) is 13.8. The Bertz CT molecular complexity index is 1040. The number of hydrogen-bond donors (Lipinski definition) is 1. The maximum absolute atomic E-state index is 12.1. The van der Waals surface area contributed by atoms with Crippen LogP contribution in [0.4, 0.5) is 0 Å². The number of nitrogens with two attached hydrogens (primary N) is 1. The average Bonchev–Trinajstić information content (AvgIpc) is 3.03. The highest BCUT2D eigenvalue weighted by Gasteiger charge is 2.27. The minimum atomic E-state index is -4.11. The second-order valence-corrected chi connectivity index (χ2v) is 6.59.